The van der Waals surface area contributed by atoms with E-state index in [0.717, 1.165) is 44.9 Å². The molecule has 0 aromatic rings. The number of hydrogen-bond acceptors (Lipinski definition) is 5. The summed E-state index contributed by atoms with van der Waals surface area (Å²) in [6.07, 6.45) is 9.25. The molecule has 0 spiro atoms. The van der Waals surface area contributed by atoms with Gasteiger partial charge in [0.2, 0.25) is 0 Å². The molecule has 200 valence electrons. The maximum Gasteiger partial charge on any atom is 0.0643 e. The predicted molar refractivity (Wildman–Crippen MR) is 136 cm³/mol. The molecule has 0 aromatic carbocycles. The average Bonchev–Trinajstić information content (AvgIpc) is 2.80. The Kier molecular flexibility index (Phi) is 6.00. The first kappa shape index (κ1) is 26.2. The highest BCUT2D eigenvalue weighted by Gasteiger charge is 2.70. The van der Waals surface area contributed by atoms with Crippen molar-refractivity contribution < 1.29 is 25.5 Å². The van der Waals surface area contributed by atoms with Crippen LogP contribution in [0.1, 0.15) is 92.4 Å². The molecule has 1 unspecified atom stereocenters. The van der Waals surface area contributed by atoms with Crippen LogP contribution in [0.5, 0.6) is 0 Å². The lowest BCUT2D eigenvalue weighted by Gasteiger charge is -2.72. The van der Waals surface area contributed by atoms with Crippen molar-refractivity contribution in [1.29, 1.82) is 0 Å². The van der Waals surface area contributed by atoms with Gasteiger partial charge in [-0.05, 0) is 97.2 Å². The van der Waals surface area contributed by atoms with Gasteiger partial charge in [-0.3, -0.25) is 0 Å². The smallest absolute Gasteiger partial charge is 0.0643 e. The van der Waals surface area contributed by atoms with Crippen LogP contribution < -0.4 is 0 Å². The van der Waals surface area contributed by atoms with Crippen LogP contribution >= 0.6 is 0 Å². The first-order valence-corrected chi connectivity index (χ1v) is 14.2. The zero-order valence-corrected chi connectivity index (χ0v) is 22.7. The van der Waals surface area contributed by atoms with Gasteiger partial charge >= 0.3 is 0 Å². The lowest BCUT2D eigenvalue weighted by molar-refractivity contribution is -0.237. The zero-order chi connectivity index (χ0) is 25.7. The quantitative estimate of drug-likeness (QED) is 0.384. The predicted octanol–water partition coefficient (Wildman–Crippen LogP) is 4.06. The number of allylic oxidation sites excluding steroid dienone is 2. The SMILES string of the molecule is CC1(C)CC[C@]2(CO)[C@H](O)C[C@]3(C)C(=CC[C@@H]4[C@@]5(C)CC[C@H](O)C(CO)(CO)C5CC[C@]43C)[C@H]2C1. The Balaban J connectivity index is 1.61. The van der Waals surface area contributed by atoms with Gasteiger partial charge in [0, 0.05) is 10.8 Å². The van der Waals surface area contributed by atoms with E-state index in [4.69, 9.17) is 0 Å². The van der Waals surface area contributed by atoms with E-state index in [1.54, 1.807) is 0 Å². The molecule has 5 rings (SSSR count). The van der Waals surface area contributed by atoms with Crippen LogP contribution in [0.3, 0.4) is 0 Å². The van der Waals surface area contributed by atoms with Gasteiger partial charge < -0.3 is 25.5 Å². The van der Waals surface area contributed by atoms with Gasteiger partial charge in [0.25, 0.3) is 0 Å². The summed E-state index contributed by atoms with van der Waals surface area (Å²) in [6, 6.07) is 0. The van der Waals surface area contributed by atoms with Crippen molar-refractivity contribution in [2.75, 3.05) is 19.8 Å². The van der Waals surface area contributed by atoms with Crippen LogP contribution in [-0.2, 0) is 0 Å². The third-order valence-electron chi connectivity index (χ3n) is 13.3. The molecule has 4 fully saturated rings. The molecule has 0 amide bonds. The van der Waals surface area contributed by atoms with Crippen molar-refractivity contribution in [2.45, 2.75) is 105 Å². The molecule has 0 bridgehead atoms. The van der Waals surface area contributed by atoms with Crippen LogP contribution in [0.15, 0.2) is 11.6 Å². The highest BCUT2D eigenvalue weighted by molar-refractivity contribution is 5.35. The summed E-state index contributed by atoms with van der Waals surface area (Å²) in [5, 5.41) is 54.2. The average molecular weight is 491 g/mol. The third kappa shape index (κ3) is 3.11. The third-order valence-corrected chi connectivity index (χ3v) is 13.3. The summed E-state index contributed by atoms with van der Waals surface area (Å²) in [5.74, 6) is 0.636. The van der Waals surface area contributed by atoms with E-state index < -0.39 is 23.0 Å². The molecule has 0 aromatic heterocycles. The molecule has 4 saturated carbocycles. The van der Waals surface area contributed by atoms with Gasteiger partial charge in [-0.1, -0.05) is 46.3 Å². The van der Waals surface area contributed by atoms with Gasteiger partial charge in [0.1, 0.15) is 0 Å². The Hall–Kier alpha value is -0.460. The molecule has 0 aliphatic heterocycles. The van der Waals surface area contributed by atoms with Crippen molar-refractivity contribution in [3.63, 3.8) is 0 Å². The minimum atomic E-state index is -0.843. The summed E-state index contributed by atoms with van der Waals surface area (Å²) in [6.45, 7) is 11.6. The molecule has 0 heterocycles. The number of aliphatic hydroxyl groups is 5. The topological polar surface area (TPSA) is 101 Å². The standard InChI is InChI=1S/C30H50O5/c1-25(2)12-13-29(16-31)20(14-25)19-6-7-21-26(3)10-9-23(34)30(17-32,18-33)22(26)8-11-27(21,4)28(19,5)15-24(29)35/h6,20-24,31-35H,7-18H2,1-5H3/t20-,21-,22?,23+,24-,26-,27-,28-,29-/m1/s1. The molecule has 5 nitrogen and oxygen atoms in total. The maximum absolute atomic E-state index is 11.7. The van der Waals surface area contributed by atoms with Gasteiger partial charge in [-0.2, -0.15) is 0 Å². The number of fused-ring (bicyclic) bond motifs is 7. The van der Waals surface area contributed by atoms with Crippen molar-refractivity contribution in [3.05, 3.63) is 11.6 Å². The molecule has 5 heteroatoms. The molecule has 5 aliphatic rings. The summed E-state index contributed by atoms with van der Waals surface area (Å²) in [5.41, 5.74) is 0.142. The van der Waals surface area contributed by atoms with Crippen LogP contribution in [-0.4, -0.2) is 57.6 Å². The number of rotatable bonds is 3. The Morgan fingerprint density at radius 1 is 0.771 bits per heavy atom. The normalized spacial score (nSPS) is 52.4. The van der Waals surface area contributed by atoms with Crippen LogP contribution in [0.25, 0.3) is 0 Å². The van der Waals surface area contributed by atoms with Crippen molar-refractivity contribution in [1.82, 2.24) is 0 Å². The van der Waals surface area contributed by atoms with Gasteiger partial charge in [0.15, 0.2) is 0 Å². The highest BCUT2D eigenvalue weighted by Crippen LogP contribution is 2.75. The minimum Gasteiger partial charge on any atom is -0.396 e. The van der Waals surface area contributed by atoms with E-state index in [1.165, 1.54) is 5.57 Å². The molecule has 9 atom stereocenters. The summed E-state index contributed by atoms with van der Waals surface area (Å²) >= 11 is 0. The Bertz CT molecular complexity index is 878. The fourth-order valence-electron chi connectivity index (χ4n) is 10.8. The van der Waals surface area contributed by atoms with Crippen molar-refractivity contribution in [2.24, 2.45) is 50.2 Å². The molecule has 35 heavy (non-hydrogen) atoms. The van der Waals surface area contributed by atoms with Gasteiger partial charge in [-0.25, -0.2) is 0 Å². The van der Waals surface area contributed by atoms with Crippen LogP contribution in [0.4, 0.5) is 0 Å². The van der Waals surface area contributed by atoms with E-state index >= 15 is 0 Å². The molecular formula is C30H50O5. The van der Waals surface area contributed by atoms with Crippen LogP contribution in [0, 0.1) is 50.2 Å². The lowest BCUT2D eigenvalue weighted by atomic mass is 9.33. The summed E-state index contributed by atoms with van der Waals surface area (Å²) < 4.78 is 0. The second kappa shape index (κ2) is 8.02. The second-order valence-electron chi connectivity index (χ2n) is 14.9. The zero-order valence-electron chi connectivity index (χ0n) is 22.7. The Morgan fingerprint density at radius 2 is 1.46 bits per heavy atom. The monoisotopic (exact) mass is 490 g/mol. The van der Waals surface area contributed by atoms with Crippen molar-refractivity contribution >= 4 is 0 Å². The molecule has 0 radical (unpaired) electrons. The van der Waals surface area contributed by atoms with E-state index in [9.17, 15) is 25.5 Å². The Labute approximate surface area is 212 Å². The summed E-state index contributed by atoms with van der Waals surface area (Å²) in [4.78, 5) is 0. The molecule has 5 N–H and O–H groups in total. The second-order valence-corrected chi connectivity index (χ2v) is 14.9. The number of hydrogen-bond donors (Lipinski definition) is 5. The fourth-order valence-corrected chi connectivity index (χ4v) is 10.8. The van der Waals surface area contributed by atoms with Crippen LogP contribution in [0.2, 0.25) is 0 Å². The van der Waals surface area contributed by atoms with Gasteiger partial charge in [0.05, 0.1) is 32.0 Å². The minimum absolute atomic E-state index is 0.0224. The largest absolute Gasteiger partial charge is 0.396 e. The fraction of sp³-hybridized carbons (Fsp3) is 0.933. The van der Waals surface area contributed by atoms with E-state index in [0.29, 0.717) is 18.8 Å². The maximum atomic E-state index is 11.7. The molecular weight excluding hydrogens is 440 g/mol. The molecule has 0 saturated heterocycles. The van der Waals surface area contributed by atoms with Crippen molar-refractivity contribution in [3.8, 4) is 0 Å². The van der Waals surface area contributed by atoms with E-state index in [2.05, 4.69) is 40.7 Å². The lowest BCUT2D eigenvalue weighted by Crippen LogP contribution is -2.68. The van der Waals surface area contributed by atoms with E-state index in [-0.39, 0.29) is 53.3 Å². The highest BCUT2D eigenvalue weighted by atomic mass is 16.3. The number of aliphatic hydroxyl groups excluding tert-OH is 5. The van der Waals surface area contributed by atoms with Gasteiger partial charge in [-0.15, -0.1) is 0 Å². The first-order valence-electron chi connectivity index (χ1n) is 14.2. The Morgan fingerprint density at radius 3 is 2.09 bits per heavy atom. The first-order chi connectivity index (χ1) is 16.3. The molecule has 5 aliphatic carbocycles. The van der Waals surface area contributed by atoms with E-state index in [1.807, 2.05) is 0 Å². The summed E-state index contributed by atoms with van der Waals surface area (Å²) in [7, 11) is 0.